The highest BCUT2D eigenvalue weighted by molar-refractivity contribution is 6.08. The number of aryl methyl sites for hydroxylation is 1. The maximum absolute atomic E-state index is 2.56. The summed E-state index contributed by atoms with van der Waals surface area (Å²) in [5.74, 6) is 0.502. The van der Waals surface area contributed by atoms with Gasteiger partial charge in [0, 0.05) is 22.2 Å². The fraction of sp³-hybridized carbons (Fsp3) is 0.179. The van der Waals surface area contributed by atoms with E-state index in [-0.39, 0.29) is 5.41 Å². The Morgan fingerprint density at radius 1 is 0.456 bits per heavy atom. The van der Waals surface area contributed by atoms with E-state index in [0.29, 0.717) is 5.92 Å². The topological polar surface area (TPSA) is 3.24 Å². The van der Waals surface area contributed by atoms with Crippen LogP contribution in [0.3, 0.4) is 0 Å². The van der Waals surface area contributed by atoms with Gasteiger partial charge < -0.3 is 4.90 Å². The van der Waals surface area contributed by atoms with E-state index in [2.05, 4.69) is 202 Å². The first-order valence-electron chi connectivity index (χ1n) is 20.8. The lowest BCUT2D eigenvalue weighted by Gasteiger charge is -2.32. The van der Waals surface area contributed by atoms with Gasteiger partial charge in [-0.2, -0.15) is 0 Å². The number of hydrogen-bond acceptors (Lipinski definition) is 1. The molecule has 8 aromatic carbocycles. The van der Waals surface area contributed by atoms with Crippen molar-refractivity contribution in [1.82, 2.24) is 0 Å². The molecule has 1 heteroatoms. The zero-order valence-electron chi connectivity index (χ0n) is 33.5. The quantitative estimate of drug-likeness (QED) is 0.158. The highest BCUT2D eigenvalue weighted by Crippen LogP contribution is 2.53. The van der Waals surface area contributed by atoms with Crippen molar-refractivity contribution < 1.29 is 0 Å². The number of hydrogen-bond donors (Lipinski definition) is 0. The summed E-state index contributed by atoms with van der Waals surface area (Å²) in [5.41, 5.74) is 20.8. The molecule has 0 aliphatic heterocycles. The monoisotopic (exact) mass is 735 g/mol. The normalized spacial score (nSPS) is 14.0. The van der Waals surface area contributed by atoms with Crippen LogP contribution >= 0.6 is 0 Å². The molecule has 57 heavy (non-hydrogen) atoms. The Bertz CT molecular complexity index is 2800. The van der Waals surface area contributed by atoms with Crippen molar-refractivity contribution in [3.8, 4) is 44.5 Å². The van der Waals surface area contributed by atoms with Gasteiger partial charge in [-0.3, -0.25) is 0 Å². The molecular formula is C56H49N. The summed E-state index contributed by atoms with van der Waals surface area (Å²) >= 11 is 0. The fourth-order valence-electron chi connectivity index (χ4n) is 9.90. The third-order valence-electron chi connectivity index (χ3n) is 12.9. The van der Waals surface area contributed by atoms with Crippen molar-refractivity contribution in [2.75, 3.05) is 4.90 Å². The van der Waals surface area contributed by atoms with Gasteiger partial charge in [0.2, 0.25) is 0 Å². The maximum atomic E-state index is 2.56. The number of nitrogens with zero attached hydrogens (tertiary/aromatic N) is 1. The largest absolute Gasteiger partial charge is 0.309 e. The minimum Gasteiger partial charge on any atom is -0.309 e. The lowest BCUT2D eigenvalue weighted by Crippen LogP contribution is -2.17. The Kier molecular flexibility index (Phi) is 8.71. The second-order valence-electron chi connectivity index (χ2n) is 16.9. The molecule has 0 fully saturated rings. The van der Waals surface area contributed by atoms with Crippen LogP contribution in [0, 0.1) is 0 Å². The molecule has 0 unspecified atom stereocenters. The Morgan fingerprint density at radius 2 is 1.02 bits per heavy atom. The molecule has 0 spiro atoms. The molecule has 0 amide bonds. The van der Waals surface area contributed by atoms with Crippen LogP contribution in [-0.2, 0) is 18.3 Å². The molecule has 0 saturated heterocycles. The Labute approximate surface area is 338 Å². The van der Waals surface area contributed by atoms with E-state index in [0.717, 1.165) is 12.8 Å². The molecule has 0 N–H and O–H groups in total. The first kappa shape index (κ1) is 35.2. The van der Waals surface area contributed by atoms with E-state index in [9.17, 15) is 0 Å². The first-order valence-corrected chi connectivity index (χ1v) is 20.8. The number of para-hydroxylation sites is 2. The van der Waals surface area contributed by atoms with E-state index in [4.69, 9.17) is 0 Å². The Balaban J connectivity index is 1.20. The minimum absolute atomic E-state index is 0.120. The average Bonchev–Trinajstić information content (AvgIpc) is 3.49. The molecule has 0 aromatic heterocycles. The van der Waals surface area contributed by atoms with Gasteiger partial charge in [0.1, 0.15) is 0 Å². The number of rotatable bonds is 7. The van der Waals surface area contributed by atoms with Gasteiger partial charge in [-0.25, -0.2) is 0 Å². The van der Waals surface area contributed by atoms with Crippen LogP contribution in [0.25, 0.3) is 55.3 Å². The summed E-state index contributed by atoms with van der Waals surface area (Å²) in [4.78, 5) is 2.56. The fourth-order valence-corrected chi connectivity index (χ4v) is 9.90. The maximum Gasteiger partial charge on any atom is 0.0540 e. The average molecular weight is 736 g/mol. The molecule has 0 heterocycles. The summed E-state index contributed by atoms with van der Waals surface area (Å²) in [5, 5.41) is 2.52. The third kappa shape index (κ3) is 5.91. The number of fused-ring (bicyclic) bond motifs is 5. The van der Waals surface area contributed by atoms with Crippen LogP contribution in [0.15, 0.2) is 170 Å². The second kappa shape index (κ2) is 14.1. The second-order valence-corrected chi connectivity index (χ2v) is 16.9. The van der Waals surface area contributed by atoms with Crippen LogP contribution < -0.4 is 4.90 Å². The molecule has 0 atom stereocenters. The van der Waals surface area contributed by atoms with E-state index in [1.807, 2.05) is 0 Å². The van der Waals surface area contributed by atoms with Crippen molar-refractivity contribution in [3.63, 3.8) is 0 Å². The van der Waals surface area contributed by atoms with E-state index in [1.54, 1.807) is 0 Å². The number of benzene rings is 8. The molecule has 0 saturated carbocycles. The molecule has 2 aliphatic carbocycles. The van der Waals surface area contributed by atoms with Crippen molar-refractivity contribution in [1.29, 1.82) is 0 Å². The van der Waals surface area contributed by atoms with Crippen molar-refractivity contribution in [2.45, 2.75) is 64.7 Å². The summed E-state index contributed by atoms with van der Waals surface area (Å²) in [6, 6.07) is 64.1. The van der Waals surface area contributed by atoms with Crippen molar-refractivity contribution in [2.24, 2.45) is 0 Å². The first-order chi connectivity index (χ1) is 27.9. The standard InChI is InChI=1S/C56H49N/c1-37(2)38-28-30-40(31-29-38)43-34-35-47(46-20-8-7-19-44(43)46)51-23-11-14-27-55(51)57(41-32-33-49-48-21-9-12-25-52(48)56(3,4)53(49)36-41)54-26-13-10-22-50(54)45-24-15-17-39-16-5-6-18-42(39)45/h7-15,17,19-37H,5-6,16,18H2,1-4H3. The van der Waals surface area contributed by atoms with Crippen LogP contribution in [0.2, 0.25) is 0 Å². The molecule has 278 valence electrons. The van der Waals surface area contributed by atoms with Crippen LogP contribution in [-0.4, -0.2) is 0 Å². The van der Waals surface area contributed by atoms with Gasteiger partial charge >= 0.3 is 0 Å². The highest BCUT2D eigenvalue weighted by Gasteiger charge is 2.36. The highest BCUT2D eigenvalue weighted by atomic mass is 15.1. The molecule has 1 nitrogen and oxygen atoms in total. The summed E-state index contributed by atoms with van der Waals surface area (Å²) in [7, 11) is 0. The summed E-state index contributed by atoms with van der Waals surface area (Å²) in [6.45, 7) is 9.28. The Morgan fingerprint density at radius 3 is 1.75 bits per heavy atom. The van der Waals surface area contributed by atoms with E-state index < -0.39 is 0 Å². The van der Waals surface area contributed by atoms with Gasteiger partial charge in [-0.05, 0) is 128 Å². The Hall–Kier alpha value is -6.18. The van der Waals surface area contributed by atoms with Crippen molar-refractivity contribution in [3.05, 3.63) is 198 Å². The molecule has 0 radical (unpaired) electrons. The predicted octanol–water partition coefficient (Wildman–Crippen LogP) is 15.6. The van der Waals surface area contributed by atoms with Crippen LogP contribution in [0.4, 0.5) is 17.1 Å². The zero-order valence-corrected chi connectivity index (χ0v) is 33.5. The third-order valence-corrected chi connectivity index (χ3v) is 12.9. The van der Waals surface area contributed by atoms with Gasteiger partial charge in [0.05, 0.1) is 11.4 Å². The molecular weight excluding hydrogens is 687 g/mol. The van der Waals surface area contributed by atoms with E-state index in [1.165, 1.54) is 113 Å². The summed E-state index contributed by atoms with van der Waals surface area (Å²) < 4.78 is 0. The molecule has 2 aliphatic rings. The van der Waals surface area contributed by atoms with Gasteiger partial charge in [-0.1, -0.05) is 173 Å². The van der Waals surface area contributed by atoms with Gasteiger partial charge in [0.25, 0.3) is 0 Å². The van der Waals surface area contributed by atoms with Gasteiger partial charge in [0.15, 0.2) is 0 Å². The predicted molar refractivity (Wildman–Crippen MR) is 243 cm³/mol. The van der Waals surface area contributed by atoms with Crippen LogP contribution in [0.1, 0.15) is 74.3 Å². The van der Waals surface area contributed by atoms with Crippen molar-refractivity contribution >= 4 is 27.8 Å². The van der Waals surface area contributed by atoms with E-state index >= 15 is 0 Å². The van der Waals surface area contributed by atoms with Crippen LogP contribution in [0.5, 0.6) is 0 Å². The molecule has 0 bridgehead atoms. The smallest absolute Gasteiger partial charge is 0.0540 e. The minimum atomic E-state index is -0.120. The lowest BCUT2D eigenvalue weighted by atomic mass is 9.82. The number of anilines is 3. The molecule has 10 rings (SSSR count). The molecule has 8 aromatic rings. The van der Waals surface area contributed by atoms with Gasteiger partial charge in [-0.15, -0.1) is 0 Å². The lowest BCUT2D eigenvalue weighted by molar-refractivity contribution is 0.660. The summed E-state index contributed by atoms with van der Waals surface area (Å²) in [6.07, 6.45) is 4.79. The zero-order chi connectivity index (χ0) is 38.7. The SMILES string of the molecule is CC(C)c1ccc(-c2ccc(-c3ccccc3N(c3ccc4c(c3)C(C)(C)c3ccccc3-4)c3ccccc3-c3cccc4c3CCCC4)c3ccccc23)cc1.